The van der Waals surface area contributed by atoms with Crippen LogP contribution in [0.15, 0.2) is 60.0 Å². The second kappa shape index (κ2) is 13.1. The van der Waals surface area contributed by atoms with E-state index in [0.717, 1.165) is 11.4 Å². The number of aromatic nitrogens is 4. The van der Waals surface area contributed by atoms with Crippen molar-refractivity contribution in [2.24, 2.45) is 0 Å². The van der Waals surface area contributed by atoms with Crippen molar-refractivity contribution in [2.75, 3.05) is 12.0 Å². The Morgan fingerprint density at radius 3 is 1.77 bits per heavy atom. The highest BCUT2D eigenvalue weighted by Gasteiger charge is 2.32. The number of benzene rings is 2. The summed E-state index contributed by atoms with van der Waals surface area (Å²) in [5.74, 6) is 2.11. The van der Waals surface area contributed by atoms with Crippen LogP contribution in [0.3, 0.4) is 0 Å². The van der Waals surface area contributed by atoms with Gasteiger partial charge in [0.15, 0.2) is 5.16 Å². The van der Waals surface area contributed by atoms with Gasteiger partial charge in [0.25, 0.3) is 0 Å². The van der Waals surface area contributed by atoms with E-state index in [1.807, 2.05) is 6.26 Å². The fourth-order valence-corrected chi connectivity index (χ4v) is 5.43. The van der Waals surface area contributed by atoms with Crippen LogP contribution >= 0.6 is 11.8 Å². The van der Waals surface area contributed by atoms with Crippen molar-refractivity contribution in [2.45, 2.75) is 84.2 Å². The molecular weight excluding hydrogens is 538 g/mol. The summed E-state index contributed by atoms with van der Waals surface area (Å²) in [5, 5.41) is 0.575. The Morgan fingerprint density at radius 1 is 0.800 bits per heavy atom. The molecule has 0 amide bonds. The molecule has 0 aliphatic rings. The molecule has 0 spiro atoms. The lowest BCUT2D eigenvalue weighted by molar-refractivity contribution is -0.602. The van der Waals surface area contributed by atoms with Gasteiger partial charge >= 0.3 is 6.01 Å². The van der Waals surface area contributed by atoms with Crippen LogP contribution in [0.2, 0.25) is 0 Å². The first-order valence-corrected chi connectivity index (χ1v) is 15.0. The predicted octanol–water partition coefficient (Wildman–Crippen LogP) is 5.14. The first-order chi connectivity index (χ1) is 18.5. The van der Waals surface area contributed by atoms with E-state index >= 15 is 0 Å². The number of rotatable bonds is 9. The van der Waals surface area contributed by atoms with Crippen molar-refractivity contribution in [3.63, 3.8) is 0 Å². The lowest BCUT2D eigenvalue weighted by Crippen LogP contribution is -3.00. The molecule has 0 radical (unpaired) electrons. The van der Waals surface area contributed by atoms with Gasteiger partial charge in [0, 0.05) is 28.3 Å². The number of hydrogen-bond donors (Lipinski definition) is 1. The molecule has 214 valence electrons. The van der Waals surface area contributed by atoms with Gasteiger partial charge in [-0.25, -0.2) is 4.98 Å². The Balaban J connectivity index is 0.00000441. The Morgan fingerprint density at radius 2 is 1.30 bits per heavy atom. The molecule has 0 aliphatic heterocycles. The zero-order chi connectivity index (χ0) is 28.4. The number of nitrogens with two attached hydrogens (primary N) is 1. The van der Waals surface area contributed by atoms with Crippen LogP contribution in [0.4, 0.5) is 5.82 Å². The summed E-state index contributed by atoms with van der Waals surface area (Å²) in [7, 11) is 0. The number of ether oxygens (including phenoxy) is 1. The molecule has 8 heteroatoms. The third-order valence-corrected chi connectivity index (χ3v) is 7.57. The lowest BCUT2D eigenvalue weighted by Gasteiger charge is -2.19. The van der Waals surface area contributed by atoms with Crippen LogP contribution in [0, 0.1) is 0 Å². The summed E-state index contributed by atoms with van der Waals surface area (Å²) in [6.45, 7) is 17.9. The first kappa shape index (κ1) is 31.5. The molecule has 0 bridgehead atoms. The van der Waals surface area contributed by atoms with Gasteiger partial charge < -0.3 is 22.9 Å². The van der Waals surface area contributed by atoms with Gasteiger partial charge in [0.1, 0.15) is 29.6 Å². The molecule has 0 saturated carbocycles. The van der Waals surface area contributed by atoms with Crippen LogP contribution in [0.25, 0.3) is 11.4 Å². The van der Waals surface area contributed by atoms with Crippen molar-refractivity contribution in [3.05, 3.63) is 77.1 Å². The number of imidazole rings is 1. The van der Waals surface area contributed by atoms with E-state index in [4.69, 9.17) is 10.5 Å². The Bertz CT molecular complexity index is 1330. The number of hydrogen-bond acceptors (Lipinski definition) is 5. The smallest absolute Gasteiger partial charge is 0.473 e. The zero-order valence-corrected chi connectivity index (χ0v) is 26.6. The van der Waals surface area contributed by atoms with Gasteiger partial charge in [-0.05, 0) is 29.9 Å². The van der Waals surface area contributed by atoms with Crippen LogP contribution in [0.1, 0.15) is 101 Å². The van der Waals surface area contributed by atoms with E-state index in [1.165, 1.54) is 34.0 Å². The summed E-state index contributed by atoms with van der Waals surface area (Å²) in [6, 6.07) is 15.5. The standard InChI is InChI=1S/C32H42N5OS.ClH/c1-19(2)23-12-10-13-24(20(3)4)29(23)36-16-17-37(30-25(21(5)6)14-11-15-26(30)22(7)8)32(36)38-28-18-27(33)34-31(35-28)39-9;/h10-22H,1-9H3,(H2,33,34,35);1H/q+1;/p-1. The zero-order valence-electron chi connectivity index (χ0n) is 25.1. The van der Waals surface area contributed by atoms with E-state index < -0.39 is 0 Å². The molecule has 4 aromatic rings. The topological polar surface area (TPSA) is 69.8 Å². The molecule has 0 fully saturated rings. The number of anilines is 1. The molecule has 0 saturated heterocycles. The van der Waals surface area contributed by atoms with Crippen molar-refractivity contribution in [1.82, 2.24) is 14.5 Å². The molecule has 0 aliphatic carbocycles. The van der Waals surface area contributed by atoms with Gasteiger partial charge in [-0.1, -0.05) is 104 Å². The highest BCUT2D eigenvalue weighted by molar-refractivity contribution is 7.98. The van der Waals surface area contributed by atoms with E-state index in [0.29, 0.717) is 46.5 Å². The molecule has 2 aromatic carbocycles. The van der Waals surface area contributed by atoms with Crippen molar-refractivity contribution < 1.29 is 21.7 Å². The SMILES string of the molecule is CSc1nc(N)cc(Oc2n(-c3c(C(C)C)cccc3C(C)C)cc[n+]2-c2c(C(C)C)cccc2C(C)C)n1.[Cl-]. The number of thioether (sulfide) groups is 1. The van der Waals surface area contributed by atoms with E-state index in [-0.39, 0.29) is 12.4 Å². The maximum atomic E-state index is 6.73. The molecule has 2 heterocycles. The highest BCUT2D eigenvalue weighted by Crippen LogP contribution is 2.36. The molecule has 4 rings (SSSR count). The average molecular weight is 580 g/mol. The maximum absolute atomic E-state index is 6.73. The molecule has 40 heavy (non-hydrogen) atoms. The number of halogens is 1. The summed E-state index contributed by atoms with van der Waals surface area (Å²) >= 11 is 1.44. The quantitative estimate of drug-likeness (QED) is 0.169. The Hall–Kier alpha value is -3.03. The summed E-state index contributed by atoms with van der Waals surface area (Å²) in [6.07, 6.45) is 6.16. The molecular formula is C32H42ClN5OS. The Kier molecular flexibility index (Phi) is 10.3. The van der Waals surface area contributed by atoms with E-state index in [2.05, 4.69) is 123 Å². The fraction of sp³-hybridized carbons (Fsp3) is 0.406. The van der Waals surface area contributed by atoms with Crippen molar-refractivity contribution >= 4 is 17.6 Å². The summed E-state index contributed by atoms with van der Waals surface area (Å²) < 4.78 is 11.1. The second-order valence-electron chi connectivity index (χ2n) is 11.2. The third-order valence-electron chi connectivity index (χ3n) is 7.02. The Labute approximate surface area is 249 Å². The minimum Gasteiger partial charge on any atom is -1.00 e. The number of para-hydroxylation sites is 2. The minimum absolute atomic E-state index is 0. The van der Waals surface area contributed by atoms with E-state index in [1.54, 1.807) is 6.07 Å². The van der Waals surface area contributed by atoms with Gasteiger partial charge in [-0.2, -0.15) is 14.1 Å². The minimum atomic E-state index is 0. The first-order valence-electron chi connectivity index (χ1n) is 13.8. The van der Waals surface area contributed by atoms with Gasteiger partial charge in [-0.15, -0.1) is 0 Å². The van der Waals surface area contributed by atoms with Gasteiger partial charge in [0.05, 0.1) is 0 Å². The predicted molar refractivity (Wildman–Crippen MR) is 162 cm³/mol. The molecule has 6 nitrogen and oxygen atoms in total. The number of nitrogen functional groups attached to an aromatic ring is 1. The van der Waals surface area contributed by atoms with Gasteiger partial charge in [0.2, 0.25) is 5.88 Å². The third kappa shape index (κ3) is 6.31. The van der Waals surface area contributed by atoms with Gasteiger partial charge in [-0.3, -0.25) is 0 Å². The molecule has 0 atom stereocenters. The average Bonchev–Trinajstić information content (AvgIpc) is 3.29. The normalized spacial score (nSPS) is 11.5. The second-order valence-corrected chi connectivity index (χ2v) is 12.0. The van der Waals surface area contributed by atoms with Crippen LogP contribution < -0.4 is 27.4 Å². The van der Waals surface area contributed by atoms with E-state index in [9.17, 15) is 0 Å². The largest absolute Gasteiger partial charge is 1.00 e. The fourth-order valence-electron chi connectivity index (χ4n) is 5.05. The summed E-state index contributed by atoms with van der Waals surface area (Å²) in [4.78, 5) is 8.98. The number of nitrogens with zero attached hydrogens (tertiary/aromatic N) is 4. The van der Waals surface area contributed by atoms with Crippen molar-refractivity contribution in [1.29, 1.82) is 0 Å². The lowest BCUT2D eigenvalue weighted by atomic mass is 9.92. The molecule has 0 unspecified atom stereocenters. The summed E-state index contributed by atoms with van der Waals surface area (Å²) in [5.41, 5.74) is 13.5. The molecule has 2 N–H and O–H groups in total. The highest BCUT2D eigenvalue weighted by atomic mass is 35.5. The monoisotopic (exact) mass is 579 g/mol. The molecule has 2 aromatic heterocycles. The van der Waals surface area contributed by atoms with Crippen LogP contribution in [-0.4, -0.2) is 20.8 Å². The van der Waals surface area contributed by atoms with Crippen molar-refractivity contribution in [3.8, 4) is 23.3 Å². The van der Waals surface area contributed by atoms with Crippen LogP contribution in [-0.2, 0) is 0 Å². The maximum Gasteiger partial charge on any atom is 0.473 e. The van der Waals surface area contributed by atoms with Crippen LogP contribution in [0.5, 0.6) is 11.9 Å².